The molecule has 1 aromatic carbocycles. The molecule has 136 valence electrons. The third-order valence-corrected chi connectivity index (χ3v) is 4.53. The van der Waals surface area contributed by atoms with Gasteiger partial charge in [-0.2, -0.15) is 5.10 Å². The molecule has 7 heteroatoms. The average Bonchev–Trinajstić information content (AvgIpc) is 3.32. The second-order valence-corrected chi connectivity index (χ2v) is 6.27. The number of nitrogens with two attached hydrogens (primary N) is 1. The Kier molecular flexibility index (Phi) is 5.44. The second-order valence-electron chi connectivity index (χ2n) is 6.27. The quantitative estimate of drug-likeness (QED) is 0.766. The summed E-state index contributed by atoms with van der Waals surface area (Å²) in [7, 11) is 0. The lowest BCUT2D eigenvalue weighted by Crippen LogP contribution is -2.43. The summed E-state index contributed by atoms with van der Waals surface area (Å²) in [4.78, 5) is 14.9. The van der Waals surface area contributed by atoms with Crippen molar-refractivity contribution in [1.29, 1.82) is 0 Å². The topological polar surface area (TPSA) is 77.3 Å². The van der Waals surface area contributed by atoms with E-state index in [2.05, 4.69) is 5.10 Å². The van der Waals surface area contributed by atoms with Gasteiger partial charge in [-0.15, -0.1) is 12.4 Å². The molecule has 1 saturated heterocycles. The lowest BCUT2D eigenvalue weighted by Gasteiger charge is -2.30. The van der Waals surface area contributed by atoms with Crippen LogP contribution >= 0.6 is 12.4 Å². The highest BCUT2D eigenvalue weighted by molar-refractivity contribution is 5.94. The van der Waals surface area contributed by atoms with Crippen molar-refractivity contribution in [3.63, 3.8) is 0 Å². The van der Waals surface area contributed by atoms with Crippen molar-refractivity contribution in [2.75, 3.05) is 13.1 Å². The predicted octanol–water partition coefficient (Wildman–Crippen LogP) is 3.12. The summed E-state index contributed by atoms with van der Waals surface area (Å²) in [6.07, 6.45) is 3.26. The Bertz CT molecular complexity index is 853. The first kappa shape index (κ1) is 18.2. The van der Waals surface area contributed by atoms with E-state index in [1.807, 2.05) is 47.4 Å². The number of rotatable bonds is 3. The predicted molar refractivity (Wildman–Crippen MR) is 102 cm³/mol. The number of carbonyl (C=O) groups is 1. The lowest BCUT2D eigenvalue weighted by atomic mass is 10.1. The van der Waals surface area contributed by atoms with Gasteiger partial charge in [0.05, 0.1) is 12.0 Å². The molecule has 0 aliphatic carbocycles. The molecule has 3 aromatic rings. The van der Waals surface area contributed by atoms with Crippen molar-refractivity contribution in [2.24, 2.45) is 5.73 Å². The molecule has 6 nitrogen and oxygen atoms in total. The smallest absolute Gasteiger partial charge is 0.272 e. The number of likely N-dealkylation sites (tertiary alicyclic amines) is 1. The molecule has 26 heavy (non-hydrogen) atoms. The van der Waals surface area contributed by atoms with Crippen LogP contribution in [0.3, 0.4) is 0 Å². The van der Waals surface area contributed by atoms with Gasteiger partial charge in [-0.05, 0) is 37.1 Å². The van der Waals surface area contributed by atoms with E-state index in [9.17, 15) is 4.79 Å². The Labute approximate surface area is 158 Å². The Morgan fingerprint density at radius 2 is 1.85 bits per heavy atom. The van der Waals surface area contributed by atoms with Gasteiger partial charge in [0.1, 0.15) is 11.4 Å². The molecule has 0 spiro atoms. The largest absolute Gasteiger partial charge is 0.463 e. The number of nitrogens with zero attached hydrogens (tertiary/aromatic N) is 3. The fraction of sp³-hybridized carbons (Fsp3) is 0.263. The number of furan rings is 1. The number of hydrogen-bond donors (Lipinski definition) is 1. The number of benzene rings is 1. The van der Waals surface area contributed by atoms with Crippen LogP contribution in [-0.2, 0) is 0 Å². The zero-order chi connectivity index (χ0) is 17.2. The van der Waals surface area contributed by atoms with E-state index in [0.717, 1.165) is 18.5 Å². The standard InChI is InChI=1S/C19H20N4O2.ClH/c20-14-8-10-22(11-9-14)19(24)17-13-16(18-7-4-12-25-18)21-23(17)15-5-2-1-3-6-15;/h1-7,12-14H,8-11,20H2;1H. The van der Waals surface area contributed by atoms with E-state index < -0.39 is 0 Å². The highest BCUT2D eigenvalue weighted by Gasteiger charge is 2.26. The minimum atomic E-state index is -0.0268. The van der Waals surface area contributed by atoms with Gasteiger partial charge in [0.25, 0.3) is 5.91 Å². The maximum Gasteiger partial charge on any atom is 0.272 e. The molecule has 4 rings (SSSR count). The fourth-order valence-corrected chi connectivity index (χ4v) is 3.11. The number of amides is 1. The summed E-state index contributed by atoms with van der Waals surface area (Å²) >= 11 is 0. The van der Waals surface area contributed by atoms with E-state index >= 15 is 0 Å². The Morgan fingerprint density at radius 3 is 2.50 bits per heavy atom. The minimum Gasteiger partial charge on any atom is -0.463 e. The van der Waals surface area contributed by atoms with Crippen LogP contribution < -0.4 is 5.73 Å². The van der Waals surface area contributed by atoms with E-state index in [4.69, 9.17) is 10.2 Å². The molecule has 0 bridgehead atoms. The van der Waals surface area contributed by atoms with Gasteiger partial charge in [0.15, 0.2) is 5.76 Å². The number of carbonyl (C=O) groups excluding carboxylic acids is 1. The van der Waals surface area contributed by atoms with Crippen molar-refractivity contribution in [3.05, 3.63) is 60.5 Å². The number of aromatic nitrogens is 2. The third kappa shape index (κ3) is 3.52. The van der Waals surface area contributed by atoms with Crippen LogP contribution in [0, 0.1) is 0 Å². The molecule has 0 unspecified atom stereocenters. The summed E-state index contributed by atoms with van der Waals surface area (Å²) in [6.45, 7) is 1.35. The van der Waals surface area contributed by atoms with Crippen molar-refractivity contribution in [2.45, 2.75) is 18.9 Å². The molecule has 2 N–H and O–H groups in total. The Hall–Kier alpha value is -2.57. The molecule has 0 saturated carbocycles. The highest BCUT2D eigenvalue weighted by atomic mass is 35.5. The molecule has 1 aliphatic heterocycles. The SMILES string of the molecule is Cl.NC1CCN(C(=O)c2cc(-c3ccco3)nn2-c2ccccc2)CC1. The van der Waals surface area contributed by atoms with Gasteiger partial charge in [-0.25, -0.2) is 4.68 Å². The summed E-state index contributed by atoms with van der Waals surface area (Å²) < 4.78 is 7.13. The van der Waals surface area contributed by atoms with E-state index in [1.54, 1.807) is 17.0 Å². The first-order chi connectivity index (χ1) is 12.2. The summed E-state index contributed by atoms with van der Waals surface area (Å²) in [5, 5.41) is 4.60. The van der Waals surface area contributed by atoms with Crippen molar-refractivity contribution >= 4 is 18.3 Å². The van der Waals surface area contributed by atoms with Gasteiger partial charge in [-0.1, -0.05) is 18.2 Å². The molecule has 2 aromatic heterocycles. The van der Waals surface area contributed by atoms with Crippen LogP contribution in [0.15, 0.2) is 59.2 Å². The lowest BCUT2D eigenvalue weighted by molar-refractivity contribution is 0.0705. The molecule has 1 aliphatic rings. The van der Waals surface area contributed by atoms with E-state index in [-0.39, 0.29) is 24.4 Å². The van der Waals surface area contributed by atoms with Gasteiger partial charge in [-0.3, -0.25) is 4.79 Å². The van der Waals surface area contributed by atoms with E-state index in [0.29, 0.717) is 30.2 Å². The monoisotopic (exact) mass is 372 g/mol. The maximum absolute atomic E-state index is 13.1. The Balaban J connectivity index is 0.00000196. The van der Waals surface area contributed by atoms with Crippen LogP contribution in [0.5, 0.6) is 0 Å². The highest BCUT2D eigenvalue weighted by Crippen LogP contribution is 2.24. The van der Waals surface area contributed by atoms with Crippen LogP contribution in [0.25, 0.3) is 17.1 Å². The molecular weight excluding hydrogens is 352 g/mol. The van der Waals surface area contributed by atoms with Crippen molar-refractivity contribution in [1.82, 2.24) is 14.7 Å². The maximum atomic E-state index is 13.1. The number of para-hydroxylation sites is 1. The van der Waals surface area contributed by atoms with Gasteiger partial charge in [0.2, 0.25) is 0 Å². The Morgan fingerprint density at radius 1 is 1.12 bits per heavy atom. The third-order valence-electron chi connectivity index (χ3n) is 4.53. The minimum absolute atomic E-state index is 0. The fourth-order valence-electron chi connectivity index (χ4n) is 3.11. The van der Waals surface area contributed by atoms with Crippen LogP contribution in [0.2, 0.25) is 0 Å². The molecule has 3 heterocycles. The number of piperidine rings is 1. The van der Waals surface area contributed by atoms with Crippen molar-refractivity contribution in [3.8, 4) is 17.1 Å². The number of hydrogen-bond acceptors (Lipinski definition) is 4. The second kappa shape index (κ2) is 7.76. The van der Waals surface area contributed by atoms with Gasteiger partial charge < -0.3 is 15.1 Å². The normalized spacial score (nSPS) is 14.9. The summed E-state index contributed by atoms with van der Waals surface area (Å²) in [6, 6.07) is 15.3. The molecule has 0 atom stereocenters. The van der Waals surface area contributed by atoms with Gasteiger partial charge in [0, 0.05) is 25.2 Å². The number of halogens is 1. The summed E-state index contributed by atoms with van der Waals surface area (Å²) in [5.41, 5.74) is 7.98. The molecule has 1 fully saturated rings. The molecular formula is C19H21ClN4O2. The van der Waals surface area contributed by atoms with Crippen LogP contribution in [-0.4, -0.2) is 39.7 Å². The van der Waals surface area contributed by atoms with Crippen LogP contribution in [0.4, 0.5) is 0 Å². The first-order valence-electron chi connectivity index (χ1n) is 8.46. The first-order valence-corrected chi connectivity index (χ1v) is 8.46. The van der Waals surface area contributed by atoms with Crippen molar-refractivity contribution < 1.29 is 9.21 Å². The zero-order valence-corrected chi connectivity index (χ0v) is 15.1. The molecule has 1 amide bonds. The van der Waals surface area contributed by atoms with Gasteiger partial charge >= 0.3 is 0 Å². The van der Waals surface area contributed by atoms with E-state index in [1.165, 1.54) is 0 Å². The van der Waals surface area contributed by atoms with Crippen LogP contribution in [0.1, 0.15) is 23.3 Å². The molecule has 0 radical (unpaired) electrons. The summed E-state index contributed by atoms with van der Waals surface area (Å²) in [5.74, 6) is 0.616. The average molecular weight is 373 g/mol. The zero-order valence-electron chi connectivity index (χ0n) is 14.2.